The molecular formula is C15H16ClN5O2S. The summed E-state index contributed by atoms with van der Waals surface area (Å²) in [4.78, 5) is 11.7. The van der Waals surface area contributed by atoms with Crippen LogP contribution in [-0.4, -0.2) is 25.0 Å². The molecule has 0 saturated carbocycles. The Bertz CT molecular complexity index is 855. The molecule has 1 N–H and O–H groups in total. The number of nitrogens with one attached hydrogen (secondary N) is 1. The minimum Gasteiger partial charge on any atom is -0.420 e. The van der Waals surface area contributed by atoms with E-state index in [9.17, 15) is 4.79 Å². The highest BCUT2D eigenvalue weighted by atomic mass is 35.5. The fourth-order valence-corrected chi connectivity index (χ4v) is 3.01. The monoisotopic (exact) mass is 365 g/mol. The largest absolute Gasteiger partial charge is 0.420 e. The Kier molecular flexibility index (Phi) is 5.37. The molecule has 0 aliphatic rings. The van der Waals surface area contributed by atoms with Gasteiger partial charge >= 0.3 is 5.69 Å². The van der Waals surface area contributed by atoms with Crippen LogP contribution in [0.4, 0.5) is 0 Å². The zero-order valence-electron chi connectivity index (χ0n) is 13.0. The molecule has 7 nitrogen and oxygen atoms in total. The summed E-state index contributed by atoms with van der Waals surface area (Å²) in [5.41, 5.74) is 0.612. The smallest absolute Gasteiger partial charge is 0.343 e. The molecule has 2 aromatic heterocycles. The van der Waals surface area contributed by atoms with Crippen LogP contribution in [-0.2, 0) is 12.3 Å². The minimum absolute atomic E-state index is 0.196. The second kappa shape index (κ2) is 7.67. The Morgan fingerprint density at radius 1 is 1.29 bits per heavy atom. The number of H-pyrrole nitrogens is 1. The zero-order valence-corrected chi connectivity index (χ0v) is 14.6. The predicted octanol–water partition coefficient (Wildman–Crippen LogP) is 3.37. The summed E-state index contributed by atoms with van der Waals surface area (Å²) in [6.45, 7) is 2.72. The lowest BCUT2D eigenvalue weighted by Gasteiger charge is -2.02. The van der Waals surface area contributed by atoms with Gasteiger partial charge in [-0.2, -0.15) is 0 Å². The summed E-state index contributed by atoms with van der Waals surface area (Å²) in [6, 6.07) is 7.18. The number of nitrogens with zero attached hydrogens (tertiary/aromatic N) is 4. The first kappa shape index (κ1) is 16.8. The summed E-state index contributed by atoms with van der Waals surface area (Å²) in [5.74, 6) is 1.35. The molecule has 9 heteroatoms. The highest BCUT2D eigenvalue weighted by Gasteiger charge is 2.13. The molecule has 0 unspecified atom stereocenters. The molecule has 0 atom stereocenters. The van der Waals surface area contributed by atoms with Crippen molar-refractivity contribution in [3.8, 4) is 11.5 Å². The van der Waals surface area contributed by atoms with E-state index in [-0.39, 0.29) is 5.69 Å². The number of aromatic nitrogens is 5. The van der Waals surface area contributed by atoms with Gasteiger partial charge in [-0.15, -0.1) is 15.3 Å². The summed E-state index contributed by atoms with van der Waals surface area (Å²) in [7, 11) is 0. The van der Waals surface area contributed by atoms with Gasteiger partial charge in [0.25, 0.3) is 0 Å². The van der Waals surface area contributed by atoms with Crippen molar-refractivity contribution in [2.45, 2.75) is 37.2 Å². The molecule has 0 aliphatic heterocycles. The molecule has 1 aromatic carbocycles. The van der Waals surface area contributed by atoms with Crippen LogP contribution in [0.5, 0.6) is 0 Å². The maximum atomic E-state index is 11.7. The van der Waals surface area contributed by atoms with Gasteiger partial charge in [-0.3, -0.25) is 4.57 Å². The van der Waals surface area contributed by atoms with Crippen LogP contribution < -0.4 is 5.69 Å². The van der Waals surface area contributed by atoms with Gasteiger partial charge in [0.15, 0.2) is 5.16 Å². The predicted molar refractivity (Wildman–Crippen MR) is 92.1 cm³/mol. The average Bonchev–Trinajstić information content (AvgIpc) is 3.19. The SMILES string of the molecule is CCCCn1c(SCc2nnc(-c3ccc(Cl)cc3)o2)n[nH]c1=O. The third kappa shape index (κ3) is 3.88. The van der Waals surface area contributed by atoms with E-state index in [1.165, 1.54) is 11.8 Å². The van der Waals surface area contributed by atoms with E-state index in [0.717, 1.165) is 18.4 Å². The number of hydrogen-bond donors (Lipinski definition) is 1. The highest BCUT2D eigenvalue weighted by molar-refractivity contribution is 7.98. The van der Waals surface area contributed by atoms with Crippen molar-refractivity contribution < 1.29 is 4.42 Å². The second-order valence-electron chi connectivity index (χ2n) is 5.11. The van der Waals surface area contributed by atoms with Crippen molar-refractivity contribution in [3.05, 3.63) is 45.7 Å². The number of halogens is 1. The van der Waals surface area contributed by atoms with Gasteiger partial charge in [-0.1, -0.05) is 36.7 Å². The minimum atomic E-state index is -0.196. The lowest BCUT2D eigenvalue weighted by molar-refractivity contribution is 0.527. The Morgan fingerprint density at radius 2 is 2.08 bits per heavy atom. The van der Waals surface area contributed by atoms with Gasteiger partial charge in [0.2, 0.25) is 11.8 Å². The van der Waals surface area contributed by atoms with Crippen LogP contribution >= 0.6 is 23.4 Å². The topological polar surface area (TPSA) is 89.6 Å². The van der Waals surface area contributed by atoms with E-state index in [1.54, 1.807) is 16.7 Å². The van der Waals surface area contributed by atoms with Crippen molar-refractivity contribution in [2.24, 2.45) is 0 Å². The molecule has 0 aliphatic carbocycles. The third-order valence-corrected chi connectivity index (χ3v) is 4.55. The molecular weight excluding hydrogens is 350 g/mol. The number of benzene rings is 1. The first-order valence-electron chi connectivity index (χ1n) is 7.53. The standard InChI is InChI=1S/C15H16ClN5O2S/c1-2-3-8-21-14(22)19-20-15(21)24-9-12-17-18-13(23-12)10-4-6-11(16)7-5-10/h4-7H,2-3,8-9H2,1H3,(H,19,22). The highest BCUT2D eigenvalue weighted by Crippen LogP contribution is 2.23. The van der Waals surface area contributed by atoms with E-state index in [2.05, 4.69) is 27.3 Å². The van der Waals surface area contributed by atoms with Crippen LogP contribution in [0.1, 0.15) is 25.7 Å². The Morgan fingerprint density at radius 3 is 2.83 bits per heavy atom. The quantitative estimate of drug-likeness (QED) is 0.645. The van der Waals surface area contributed by atoms with Gasteiger partial charge in [0.05, 0.1) is 5.75 Å². The molecule has 126 valence electrons. The molecule has 3 rings (SSSR count). The molecule has 0 fully saturated rings. The fraction of sp³-hybridized carbons (Fsp3) is 0.333. The first-order chi connectivity index (χ1) is 11.7. The van der Waals surface area contributed by atoms with Crippen LogP contribution in [0.25, 0.3) is 11.5 Å². The summed E-state index contributed by atoms with van der Waals surface area (Å²) in [6.07, 6.45) is 1.93. The normalized spacial score (nSPS) is 11.1. The zero-order chi connectivity index (χ0) is 16.9. The van der Waals surface area contributed by atoms with Crippen molar-refractivity contribution in [3.63, 3.8) is 0 Å². The van der Waals surface area contributed by atoms with Crippen LogP contribution in [0.2, 0.25) is 5.02 Å². The Balaban J connectivity index is 1.68. The van der Waals surface area contributed by atoms with Crippen LogP contribution in [0.3, 0.4) is 0 Å². The van der Waals surface area contributed by atoms with E-state index in [0.29, 0.717) is 34.3 Å². The lowest BCUT2D eigenvalue weighted by Crippen LogP contribution is -2.17. The van der Waals surface area contributed by atoms with Gasteiger partial charge in [-0.05, 0) is 30.7 Å². The van der Waals surface area contributed by atoms with E-state index >= 15 is 0 Å². The maximum Gasteiger partial charge on any atom is 0.343 e. The number of rotatable bonds is 7. The first-order valence-corrected chi connectivity index (χ1v) is 8.90. The van der Waals surface area contributed by atoms with Crippen molar-refractivity contribution in [1.29, 1.82) is 0 Å². The van der Waals surface area contributed by atoms with Gasteiger partial charge in [0.1, 0.15) is 0 Å². The van der Waals surface area contributed by atoms with Crippen molar-refractivity contribution in [1.82, 2.24) is 25.0 Å². The van der Waals surface area contributed by atoms with E-state index in [1.807, 2.05) is 12.1 Å². The molecule has 0 radical (unpaired) electrons. The number of aromatic amines is 1. The Labute approximate surface area is 147 Å². The third-order valence-electron chi connectivity index (χ3n) is 3.34. The second-order valence-corrected chi connectivity index (χ2v) is 6.49. The molecule has 0 saturated heterocycles. The van der Waals surface area contributed by atoms with Crippen LogP contribution in [0.15, 0.2) is 38.6 Å². The van der Waals surface area contributed by atoms with Crippen molar-refractivity contribution in [2.75, 3.05) is 0 Å². The van der Waals surface area contributed by atoms with Gasteiger partial charge in [0, 0.05) is 17.1 Å². The summed E-state index contributed by atoms with van der Waals surface area (Å²) in [5, 5.41) is 15.9. The summed E-state index contributed by atoms with van der Waals surface area (Å²) >= 11 is 7.25. The van der Waals surface area contributed by atoms with Gasteiger partial charge < -0.3 is 4.42 Å². The molecule has 0 bridgehead atoms. The lowest BCUT2D eigenvalue weighted by atomic mass is 10.2. The van der Waals surface area contributed by atoms with Crippen LogP contribution in [0, 0.1) is 0 Å². The molecule has 3 aromatic rings. The fourth-order valence-electron chi connectivity index (χ4n) is 2.07. The average molecular weight is 366 g/mol. The Hall–Kier alpha value is -2.06. The molecule has 2 heterocycles. The molecule has 0 amide bonds. The number of thioether (sulfide) groups is 1. The number of hydrogen-bond acceptors (Lipinski definition) is 6. The number of unbranched alkanes of at least 4 members (excludes halogenated alkanes) is 1. The summed E-state index contributed by atoms with van der Waals surface area (Å²) < 4.78 is 7.28. The van der Waals surface area contributed by atoms with Gasteiger partial charge in [-0.25, -0.2) is 9.89 Å². The van der Waals surface area contributed by atoms with E-state index < -0.39 is 0 Å². The molecule has 0 spiro atoms. The van der Waals surface area contributed by atoms with Crippen molar-refractivity contribution >= 4 is 23.4 Å². The van der Waals surface area contributed by atoms with E-state index in [4.69, 9.17) is 16.0 Å². The maximum absolute atomic E-state index is 11.7. The molecule has 24 heavy (non-hydrogen) atoms.